The summed E-state index contributed by atoms with van der Waals surface area (Å²) in [5.41, 5.74) is 4.58. The second-order valence-electron chi connectivity index (χ2n) is 4.51. The number of hydrogen-bond acceptors (Lipinski definition) is 2. The van der Waals surface area contributed by atoms with E-state index in [0.717, 1.165) is 25.2 Å². The van der Waals surface area contributed by atoms with Crippen molar-refractivity contribution in [1.82, 2.24) is 4.98 Å². The van der Waals surface area contributed by atoms with Crippen LogP contribution in [0.5, 0.6) is 0 Å². The first-order valence-corrected chi connectivity index (χ1v) is 8.58. The van der Waals surface area contributed by atoms with Crippen molar-refractivity contribution in [3.8, 4) is 21.8 Å². The van der Waals surface area contributed by atoms with Gasteiger partial charge in [-0.2, -0.15) is 0 Å². The van der Waals surface area contributed by atoms with E-state index in [1.54, 1.807) is 11.3 Å². The maximum atomic E-state index is 4.76. The summed E-state index contributed by atoms with van der Waals surface area (Å²) in [7, 11) is 0. The molecule has 3 rings (SSSR count). The van der Waals surface area contributed by atoms with Gasteiger partial charge < -0.3 is 0 Å². The average Bonchev–Trinajstić information content (AvgIpc) is 2.88. The quantitative estimate of drug-likeness (QED) is 0.484. The number of halogens is 2. The molecule has 1 nitrogen and oxygen atoms in total. The molecule has 0 aliphatic heterocycles. The van der Waals surface area contributed by atoms with E-state index in [-0.39, 0.29) is 0 Å². The number of aromatic nitrogens is 1. The molecule has 2 aromatic carbocycles. The summed E-state index contributed by atoms with van der Waals surface area (Å²) in [6.45, 7) is 2.11. The lowest BCUT2D eigenvalue weighted by atomic mass is 10.1. The highest BCUT2D eigenvalue weighted by atomic mass is 79.9. The van der Waals surface area contributed by atoms with E-state index in [4.69, 9.17) is 4.98 Å². The number of rotatable bonds is 2. The van der Waals surface area contributed by atoms with Crippen LogP contribution in [-0.4, -0.2) is 4.98 Å². The maximum absolute atomic E-state index is 4.76. The molecule has 0 N–H and O–H groups in total. The molecule has 0 saturated heterocycles. The fraction of sp³-hybridized carbons (Fsp3) is 0.0625. The van der Waals surface area contributed by atoms with Crippen molar-refractivity contribution >= 4 is 43.2 Å². The summed E-state index contributed by atoms with van der Waals surface area (Å²) in [4.78, 5) is 4.76. The second kappa shape index (κ2) is 5.80. The predicted octanol–water partition coefficient (Wildman–Crippen LogP) is 6.31. The van der Waals surface area contributed by atoms with Gasteiger partial charge in [0.15, 0.2) is 0 Å². The summed E-state index contributed by atoms with van der Waals surface area (Å²) < 4.78 is 2.17. The van der Waals surface area contributed by atoms with Gasteiger partial charge in [-0.25, -0.2) is 4.98 Å². The molecule has 0 saturated carbocycles. The zero-order chi connectivity index (χ0) is 14.1. The topological polar surface area (TPSA) is 12.9 Å². The van der Waals surface area contributed by atoms with Gasteiger partial charge in [-0.15, -0.1) is 11.3 Å². The van der Waals surface area contributed by atoms with Gasteiger partial charge in [0.05, 0.1) is 5.69 Å². The summed E-state index contributed by atoms with van der Waals surface area (Å²) in [6, 6.07) is 14.5. The molecule has 0 atom stereocenters. The fourth-order valence-corrected chi connectivity index (χ4v) is 3.84. The highest BCUT2D eigenvalue weighted by Gasteiger charge is 2.09. The van der Waals surface area contributed by atoms with E-state index in [0.29, 0.717) is 0 Å². The summed E-state index contributed by atoms with van der Waals surface area (Å²) in [6.07, 6.45) is 0. The standard InChI is InChI=1S/C16H11Br2NS/c1-10-7-13(18)5-6-14(10)16-19-15(9-20-16)11-3-2-4-12(17)8-11/h2-9H,1H3. The van der Waals surface area contributed by atoms with E-state index in [1.807, 2.05) is 12.1 Å². The minimum atomic E-state index is 1.02. The zero-order valence-corrected chi connectivity index (χ0v) is 14.7. The van der Waals surface area contributed by atoms with Crippen LogP contribution < -0.4 is 0 Å². The Morgan fingerprint density at radius 3 is 2.55 bits per heavy atom. The lowest BCUT2D eigenvalue weighted by molar-refractivity contribution is 1.36. The van der Waals surface area contributed by atoms with Gasteiger partial charge in [0.2, 0.25) is 0 Å². The van der Waals surface area contributed by atoms with Gasteiger partial charge in [0.1, 0.15) is 5.01 Å². The number of nitrogens with zero attached hydrogens (tertiary/aromatic N) is 1. The van der Waals surface area contributed by atoms with Crippen molar-refractivity contribution in [2.75, 3.05) is 0 Å². The van der Waals surface area contributed by atoms with Crippen molar-refractivity contribution in [1.29, 1.82) is 0 Å². The van der Waals surface area contributed by atoms with E-state index in [9.17, 15) is 0 Å². The maximum Gasteiger partial charge on any atom is 0.124 e. The third kappa shape index (κ3) is 2.87. The Morgan fingerprint density at radius 2 is 1.80 bits per heavy atom. The molecule has 0 radical (unpaired) electrons. The monoisotopic (exact) mass is 407 g/mol. The van der Waals surface area contributed by atoms with Crippen LogP contribution in [0.3, 0.4) is 0 Å². The molecule has 0 aliphatic rings. The zero-order valence-electron chi connectivity index (χ0n) is 10.7. The summed E-state index contributed by atoms with van der Waals surface area (Å²) >= 11 is 8.68. The first-order valence-electron chi connectivity index (χ1n) is 6.11. The average molecular weight is 409 g/mol. The molecular weight excluding hydrogens is 398 g/mol. The third-order valence-corrected chi connectivity index (χ3v) is 4.91. The molecule has 4 heteroatoms. The Morgan fingerprint density at radius 1 is 1.00 bits per heavy atom. The van der Waals surface area contributed by atoms with E-state index in [2.05, 4.69) is 74.5 Å². The molecule has 1 aromatic heterocycles. The largest absolute Gasteiger partial charge is 0.236 e. The molecule has 0 spiro atoms. The summed E-state index contributed by atoms with van der Waals surface area (Å²) in [5.74, 6) is 0. The van der Waals surface area contributed by atoms with Crippen LogP contribution in [0.2, 0.25) is 0 Å². The number of thiazole rings is 1. The predicted molar refractivity (Wildman–Crippen MR) is 93.1 cm³/mol. The Bertz CT molecular complexity index is 765. The van der Waals surface area contributed by atoms with Crippen LogP contribution in [0.15, 0.2) is 56.8 Å². The minimum Gasteiger partial charge on any atom is -0.236 e. The molecular formula is C16H11Br2NS. The molecule has 0 fully saturated rings. The Balaban J connectivity index is 2.02. The highest BCUT2D eigenvalue weighted by molar-refractivity contribution is 9.10. The van der Waals surface area contributed by atoms with Crippen LogP contribution in [0.25, 0.3) is 21.8 Å². The van der Waals surface area contributed by atoms with Crippen LogP contribution in [-0.2, 0) is 0 Å². The van der Waals surface area contributed by atoms with Gasteiger partial charge in [0.25, 0.3) is 0 Å². The van der Waals surface area contributed by atoms with Gasteiger partial charge in [0, 0.05) is 25.5 Å². The van der Waals surface area contributed by atoms with Crippen LogP contribution >= 0.6 is 43.2 Å². The van der Waals surface area contributed by atoms with Crippen molar-refractivity contribution < 1.29 is 0 Å². The molecule has 3 aromatic rings. The summed E-state index contributed by atoms with van der Waals surface area (Å²) in [5, 5.41) is 3.17. The number of hydrogen-bond donors (Lipinski definition) is 0. The lowest BCUT2D eigenvalue weighted by Gasteiger charge is -2.02. The van der Waals surface area contributed by atoms with Crippen LogP contribution in [0.1, 0.15) is 5.56 Å². The molecule has 20 heavy (non-hydrogen) atoms. The van der Waals surface area contributed by atoms with Crippen molar-refractivity contribution in [2.45, 2.75) is 6.92 Å². The van der Waals surface area contributed by atoms with Gasteiger partial charge in [-0.1, -0.05) is 50.1 Å². The highest BCUT2D eigenvalue weighted by Crippen LogP contribution is 2.32. The lowest BCUT2D eigenvalue weighted by Crippen LogP contribution is -1.83. The third-order valence-electron chi connectivity index (χ3n) is 3.04. The normalized spacial score (nSPS) is 10.8. The minimum absolute atomic E-state index is 1.02. The van der Waals surface area contributed by atoms with Gasteiger partial charge in [-0.3, -0.25) is 0 Å². The SMILES string of the molecule is Cc1cc(Br)ccc1-c1nc(-c2cccc(Br)c2)cs1. The van der Waals surface area contributed by atoms with Gasteiger partial charge >= 0.3 is 0 Å². The van der Waals surface area contributed by atoms with Gasteiger partial charge in [-0.05, 0) is 36.8 Å². The Kier molecular flexibility index (Phi) is 4.06. The fourth-order valence-electron chi connectivity index (χ4n) is 2.04. The van der Waals surface area contributed by atoms with Crippen molar-refractivity contribution in [2.24, 2.45) is 0 Å². The van der Waals surface area contributed by atoms with Crippen LogP contribution in [0.4, 0.5) is 0 Å². The first-order chi connectivity index (χ1) is 9.63. The molecule has 0 unspecified atom stereocenters. The van der Waals surface area contributed by atoms with E-state index in [1.165, 1.54) is 11.1 Å². The first kappa shape index (κ1) is 14.0. The van der Waals surface area contributed by atoms with Crippen molar-refractivity contribution in [3.63, 3.8) is 0 Å². The second-order valence-corrected chi connectivity index (χ2v) is 7.20. The molecule has 1 heterocycles. The number of aryl methyl sites for hydroxylation is 1. The Labute approximate surface area is 139 Å². The Hall–Kier alpha value is -0.970. The number of benzene rings is 2. The smallest absolute Gasteiger partial charge is 0.124 e. The van der Waals surface area contributed by atoms with E-state index >= 15 is 0 Å². The van der Waals surface area contributed by atoms with Crippen LogP contribution in [0, 0.1) is 6.92 Å². The van der Waals surface area contributed by atoms with Crippen molar-refractivity contribution in [3.05, 3.63) is 62.4 Å². The molecule has 100 valence electrons. The molecule has 0 amide bonds. The molecule has 0 aliphatic carbocycles. The van der Waals surface area contributed by atoms with E-state index < -0.39 is 0 Å². The molecule has 0 bridgehead atoms.